The van der Waals surface area contributed by atoms with E-state index in [1.165, 1.54) is 25.0 Å². The Balaban J connectivity index is 1.82. The minimum Gasteiger partial charge on any atom is -0.387 e. The molecule has 1 atom stereocenters. The second kappa shape index (κ2) is 6.28. The molecule has 25 heavy (non-hydrogen) atoms. The summed E-state index contributed by atoms with van der Waals surface area (Å²) in [6, 6.07) is 4.67. The maximum atomic E-state index is 13.9. The molecule has 4 rings (SSSR count). The fourth-order valence-electron chi connectivity index (χ4n) is 3.81. The van der Waals surface area contributed by atoms with Crippen molar-refractivity contribution in [3.8, 4) is 5.69 Å². The number of fused-ring (bicyclic) bond motifs is 1. The summed E-state index contributed by atoms with van der Waals surface area (Å²) in [4.78, 5) is 2.25. The number of rotatable bonds is 4. The highest BCUT2D eigenvalue weighted by Crippen LogP contribution is 2.32. The molecule has 3 heterocycles. The molecule has 132 valence electrons. The lowest BCUT2D eigenvalue weighted by molar-refractivity contribution is 0.127. The summed E-state index contributed by atoms with van der Waals surface area (Å²) in [7, 11) is 0. The monoisotopic (exact) mass is 343 g/mol. The van der Waals surface area contributed by atoms with Crippen LogP contribution in [0.5, 0.6) is 0 Å². The number of hydrogen-bond donors (Lipinski definition) is 1. The Morgan fingerprint density at radius 2 is 2.04 bits per heavy atom. The van der Waals surface area contributed by atoms with Crippen molar-refractivity contribution in [1.29, 1.82) is 0 Å². The van der Waals surface area contributed by atoms with Crippen molar-refractivity contribution in [3.63, 3.8) is 0 Å². The van der Waals surface area contributed by atoms with E-state index in [0.717, 1.165) is 40.9 Å². The van der Waals surface area contributed by atoms with Crippen molar-refractivity contribution in [3.05, 3.63) is 47.2 Å². The molecule has 1 aliphatic rings. The van der Waals surface area contributed by atoms with E-state index in [1.807, 2.05) is 24.6 Å². The first-order chi connectivity index (χ1) is 12.0. The van der Waals surface area contributed by atoms with Crippen LogP contribution in [-0.4, -0.2) is 39.4 Å². The Labute approximate surface area is 145 Å². The predicted octanol–water partition coefficient (Wildman–Crippen LogP) is 3.50. The van der Waals surface area contributed by atoms with Gasteiger partial charge in [0.2, 0.25) is 0 Å². The highest BCUT2D eigenvalue weighted by atomic mass is 19.1. The van der Waals surface area contributed by atoms with E-state index in [-0.39, 0.29) is 5.82 Å². The summed E-state index contributed by atoms with van der Waals surface area (Å²) in [5, 5.41) is 15.5. The van der Waals surface area contributed by atoms with Gasteiger partial charge in [-0.05, 0) is 58.0 Å². The van der Waals surface area contributed by atoms with E-state index >= 15 is 0 Å². The molecule has 1 aliphatic heterocycles. The Kier molecular flexibility index (Phi) is 4.09. The maximum absolute atomic E-state index is 13.9. The van der Waals surface area contributed by atoms with Crippen molar-refractivity contribution in [1.82, 2.24) is 14.6 Å². The first-order valence-corrected chi connectivity index (χ1v) is 8.69. The zero-order chi connectivity index (χ0) is 17.6. The van der Waals surface area contributed by atoms with Crippen LogP contribution in [-0.2, 0) is 0 Å². The summed E-state index contributed by atoms with van der Waals surface area (Å²) in [5.74, 6) is 0.387. The highest BCUT2D eigenvalue weighted by Gasteiger charge is 2.23. The van der Waals surface area contributed by atoms with E-state index < -0.39 is 6.10 Å². The standard InChI is InChI=1S/C19H22FN3O2/c1-12-19(13(2)25-21-12)23-10-16(15-9-14(20)5-6-17(15)23)18(24)11-22-7-3-4-8-22/h5-6,9-10,18,24H,3-4,7-8,11H2,1-2H3. The summed E-state index contributed by atoms with van der Waals surface area (Å²) in [6.45, 7) is 6.31. The summed E-state index contributed by atoms with van der Waals surface area (Å²) in [5.41, 5.74) is 3.18. The summed E-state index contributed by atoms with van der Waals surface area (Å²) < 4.78 is 21.1. The number of aliphatic hydroxyl groups is 1. The van der Waals surface area contributed by atoms with E-state index in [1.54, 1.807) is 6.07 Å². The number of likely N-dealkylation sites (tertiary alicyclic amines) is 1. The molecule has 1 saturated heterocycles. The third kappa shape index (κ3) is 2.85. The first kappa shape index (κ1) is 16.3. The Hall–Kier alpha value is -2.18. The average molecular weight is 343 g/mol. The van der Waals surface area contributed by atoms with Crippen molar-refractivity contribution < 1.29 is 14.0 Å². The molecule has 0 spiro atoms. The smallest absolute Gasteiger partial charge is 0.157 e. The van der Waals surface area contributed by atoms with Crippen LogP contribution in [0.1, 0.15) is 36.0 Å². The van der Waals surface area contributed by atoms with Crippen molar-refractivity contribution >= 4 is 10.9 Å². The number of benzene rings is 1. The van der Waals surface area contributed by atoms with Crippen LogP contribution in [0.3, 0.4) is 0 Å². The van der Waals surface area contributed by atoms with Crippen LogP contribution in [0.4, 0.5) is 4.39 Å². The molecule has 2 aromatic heterocycles. The van der Waals surface area contributed by atoms with Gasteiger partial charge in [0, 0.05) is 23.7 Å². The predicted molar refractivity (Wildman–Crippen MR) is 93.4 cm³/mol. The van der Waals surface area contributed by atoms with Crippen LogP contribution in [0.25, 0.3) is 16.6 Å². The molecule has 1 aromatic carbocycles. The number of halogens is 1. The van der Waals surface area contributed by atoms with Crippen LogP contribution in [0.15, 0.2) is 28.9 Å². The number of aryl methyl sites for hydroxylation is 2. The van der Waals surface area contributed by atoms with Crippen LogP contribution in [0, 0.1) is 19.7 Å². The molecule has 0 aliphatic carbocycles. The number of β-amino-alcohol motifs (C(OH)–C–C–N with tert-alkyl or cyclic N) is 1. The molecular formula is C19H22FN3O2. The van der Waals surface area contributed by atoms with Crippen molar-refractivity contribution in [2.45, 2.75) is 32.8 Å². The summed E-state index contributed by atoms with van der Waals surface area (Å²) in [6.07, 6.45) is 3.56. The molecule has 1 N–H and O–H groups in total. The fraction of sp³-hybridized carbons (Fsp3) is 0.421. The lowest BCUT2D eigenvalue weighted by Crippen LogP contribution is -2.25. The molecule has 1 fully saturated rings. The van der Waals surface area contributed by atoms with Gasteiger partial charge in [0.1, 0.15) is 17.2 Å². The van der Waals surface area contributed by atoms with Crippen molar-refractivity contribution in [2.24, 2.45) is 0 Å². The average Bonchev–Trinajstić information content (AvgIpc) is 3.27. The fourth-order valence-corrected chi connectivity index (χ4v) is 3.81. The van der Waals surface area contributed by atoms with Gasteiger partial charge in [-0.2, -0.15) is 0 Å². The maximum Gasteiger partial charge on any atom is 0.157 e. The Morgan fingerprint density at radius 3 is 2.72 bits per heavy atom. The molecule has 0 saturated carbocycles. The van der Waals surface area contributed by atoms with Gasteiger partial charge < -0.3 is 19.1 Å². The highest BCUT2D eigenvalue weighted by molar-refractivity contribution is 5.86. The van der Waals surface area contributed by atoms with Gasteiger partial charge >= 0.3 is 0 Å². The second-order valence-corrected chi connectivity index (χ2v) is 6.81. The SMILES string of the molecule is Cc1noc(C)c1-n1cc(C(O)CN2CCCC2)c2cc(F)ccc21. The third-order valence-corrected chi connectivity index (χ3v) is 5.02. The Morgan fingerprint density at radius 1 is 1.28 bits per heavy atom. The first-order valence-electron chi connectivity index (χ1n) is 8.69. The Bertz CT molecular complexity index is 889. The van der Waals surface area contributed by atoms with Gasteiger partial charge in [-0.15, -0.1) is 0 Å². The molecule has 3 aromatic rings. The minimum atomic E-state index is -0.663. The zero-order valence-corrected chi connectivity index (χ0v) is 14.5. The number of hydrogen-bond acceptors (Lipinski definition) is 4. The lowest BCUT2D eigenvalue weighted by atomic mass is 10.1. The van der Waals surface area contributed by atoms with E-state index in [0.29, 0.717) is 12.3 Å². The molecular weight excluding hydrogens is 321 g/mol. The van der Waals surface area contributed by atoms with Crippen LogP contribution in [0.2, 0.25) is 0 Å². The number of aromatic nitrogens is 2. The second-order valence-electron chi connectivity index (χ2n) is 6.81. The van der Waals surface area contributed by atoms with Gasteiger partial charge in [0.25, 0.3) is 0 Å². The van der Waals surface area contributed by atoms with E-state index in [4.69, 9.17) is 4.52 Å². The van der Waals surface area contributed by atoms with E-state index in [2.05, 4.69) is 10.1 Å². The quantitative estimate of drug-likeness (QED) is 0.788. The molecule has 0 radical (unpaired) electrons. The normalized spacial score (nSPS) is 16.8. The topological polar surface area (TPSA) is 54.4 Å². The largest absolute Gasteiger partial charge is 0.387 e. The number of nitrogens with zero attached hydrogens (tertiary/aromatic N) is 3. The van der Waals surface area contributed by atoms with Gasteiger partial charge in [-0.1, -0.05) is 5.16 Å². The minimum absolute atomic E-state index is 0.307. The molecule has 1 unspecified atom stereocenters. The van der Waals surface area contributed by atoms with Gasteiger partial charge in [0.05, 0.1) is 11.6 Å². The number of aliphatic hydroxyl groups excluding tert-OH is 1. The molecule has 0 bridgehead atoms. The van der Waals surface area contributed by atoms with Gasteiger partial charge in [-0.25, -0.2) is 4.39 Å². The molecule has 6 heteroatoms. The van der Waals surface area contributed by atoms with Crippen molar-refractivity contribution in [2.75, 3.05) is 19.6 Å². The lowest BCUT2D eigenvalue weighted by Gasteiger charge is -2.19. The van der Waals surface area contributed by atoms with Crippen LogP contribution >= 0.6 is 0 Å². The zero-order valence-electron chi connectivity index (χ0n) is 14.5. The summed E-state index contributed by atoms with van der Waals surface area (Å²) >= 11 is 0. The molecule has 0 amide bonds. The van der Waals surface area contributed by atoms with E-state index in [9.17, 15) is 9.50 Å². The third-order valence-electron chi connectivity index (χ3n) is 5.02. The van der Waals surface area contributed by atoms with Gasteiger partial charge in [0.15, 0.2) is 5.76 Å². The van der Waals surface area contributed by atoms with Crippen LogP contribution < -0.4 is 0 Å². The van der Waals surface area contributed by atoms with Gasteiger partial charge in [-0.3, -0.25) is 0 Å². The molecule has 5 nitrogen and oxygen atoms in total.